The molecule has 0 unspecified atom stereocenters. The summed E-state index contributed by atoms with van der Waals surface area (Å²) in [5.41, 5.74) is 5.34. The van der Waals surface area contributed by atoms with Gasteiger partial charge in [0.25, 0.3) is 11.2 Å². The van der Waals surface area contributed by atoms with Gasteiger partial charge in [0.15, 0.2) is 0 Å². The minimum Gasteiger partial charge on any atom is -0.330 e. The van der Waals surface area contributed by atoms with Gasteiger partial charge in [-0.3, -0.25) is 14.9 Å². The Morgan fingerprint density at radius 1 is 1.62 bits per heavy atom. The van der Waals surface area contributed by atoms with Crippen molar-refractivity contribution in [3.63, 3.8) is 0 Å². The summed E-state index contributed by atoms with van der Waals surface area (Å²) in [7, 11) is 0. The normalized spacial score (nSPS) is 10.4. The Kier molecular flexibility index (Phi) is 4.19. The van der Waals surface area contributed by atoms with Crippen LogP contribution in [0.4, 0.5) is 5.69 Å². The lowest BCUT2D eigenvalue weighted by Crippen LogP contribution is -2.23. The molecule has 0 saturated heterocycles. The Morgan fingerprint density at radius 2 is 2.25 bits per heavy atom. The number of nitro groups is 1. The standard InChI is InChI=1S/C9H12BrN3O3/c1-6-7(13(15)16)5-12(4-2-3-11)9(14)8(6)10/h5H,2-4,11H2,1H3. The zero-order valence-corrected chi connectivity index (χ0v) is 10.4. The monoisotopic (exact) mass is 289 g/mol. The van der Waals surface area contributed by atoms with Crippen LogP contribution in [0.15, 0.2) is 15.5 Å². The molecule has 0 aliphatic carbocycles. The van der Waals surface area contributed by atoms with Crippen molar-refractivity contribution < 1.29 is 4.92 Å². The lowest BCUT2D eigenvalue weighted by Gasteiger charge is -2.07. The SMILES string of the molecule is Cc1c([N+](=O)[O-])cn(CCCN)c(=O)c1Br. The number of aromatic nitrogens is 1. The molecule has 16 heavy (non-hydrogen) atoms. The second kappa shape index (κ2) is 5.22. The molecule has 0 fully saturated rings. The molecule has 1 rings (SSSR count). The zero-order chi connectivity index (χ0) is 12.3. The molecule has 2 N–H and O–H groups in total. The summed E-state index contributed by atoms with van der Waals surface area (Å²) >= 11 is 3.07. The highest BCUT2D eigenvalue weighted by atomic mass is 79.9. The van der Waals surface area contributed by atoms with Gasteiger partial charge in [-0.1, -0.05) is 0 Å². The Labute approximate surface area is 100 Å². The molecule has 0 bridgehead atoms. The molecular formula is C9H12BrN3O3. The van der Waals surface area contributed by atoms with E-state index in [2.05, 4.69) is 15.9 Å². The number of pyridine rings is 1. The summed E-state index contributed by atoms with van der Waals surface area (Å²) in [6.07, 6.45) is 1.87. The molecular weight excluding hydrogens is 278 g/mol. The molecule has 6 nitrogen and oxygen atoms in total. The summed E-state index contributed by atoms with van der Waals surface area (Å²) < 4.78 is 1.54. The van der Waals surface area contributed by atoms with Crippen molar-refractivity contribution in [2.24, 2.45) is 5.73 Å². The molecule has 1 aromatic rings. The van der Waals surface area contributed by atoms with Crippen LogP contribution in [-0.4, -0.2) is 16.0 Å². The maximum atomic E-state index is 11.7. The molecule has 0 aliphatic heterocycles. The summed E-state index contributed by atoms with van der Waals surface area (Å²) in [5.74, 6) is 0. The smallest absolute Gasteiger partial charge is 0.289 e. The van der Waals surface area contributed by atoms with Gasteiger partial charge in [0.1, 0.15) is 0 Å². The molecule has 88 valence electrons. The first-order valence-corrected chi connectivity index (χ1v) is 5.52. The first-order valence-electron chi connectivity index (χ1n) is 4.73. The molecule has 0 aliphatic rings. The number of nitrogens with two attached hydrogens (primary N) is 1. The van der Waals surface area contributed by atoms with Crippen LogP contribution in [0.1, 0.15) is 12.0 Å². The minimum atomic E-state index is -0.502. The molecule has 1 heterocycles. The lowest BCUT2D eigenvalue weighted by atomic mass is 10.2. The van der Waals surface area contributed by atoms with Crippen LogP contribution in [0.5, 0.6) is 0 Å². The van der Waals surface area contributed by atoms with E-state index in [1.165, 1.54) is 17.7 Å². The predicted molar refractivity (Wildman–Crippen MR) is 63.5 cm³/mol. The maximum absolute atomic E-state index is 11.7. The van der Waals surface area contributed by atoms with Gasteiger partial charge in [-0.15, -0.1) is 0 Å². The van der Waals surface area contributed by atoms with Crippen LogP contribution in [-0.2, 0) is 6.54 Å². The Bertz CT molecular complexity index is 470. The third-order valence-electron chi connectivity index (χ3n) is 2.24. The second-order valence-electron chi connectivity index (χ2n) is 3.35. The number of aryl methyl sites for hydroxylation is 1. The number of hydrogen-bond donors (Lipinski definition) is 1. The van der Waals surface area contributed by atoms with Crippen molar-refractivity contribution in [1.29, 1.82) is 0 Å². The van der Waals surface area contributed by atoms with Gasteiger partial charge in [-0.05, 0) is 35.8 Å². The van der Waals surface area contributed by atoms with E-state index in [0.29, 0.717) is 25.1 Å². The Balaban J connectivity index is 3.30. The van der Waals surface area contributed by atoms with Crippen LogP contribution in [0, 0.1) is 17.0 Å². The number of nitrogens with zero attached hydrogens (tertiary/aromatic N) is 2. The summed E-state index contributed by atoms with van der Waals surface area (Å²) in [5, 5.41) is 10.8. The van der Waals surface area contributed by atoms with Crippen LogP contribution < -0.4 is 11.3 Å². The zero-order valence-electron chi connectivity index (χ0n) is 8.77. The molecule has 0 saturated carbocycles. The molecule has 0 spiro atoms. The first kappa shape index (κ1) is 12.9. The van der Waals surface area contributed by atoms with Gasteiger partial charge in [0, 0.05) is 12.1 Å². The van der Waals surface area contributed by atoms with E-state index < -0.39 is 4.92 Å². The lowest BCUT2D eigenvalue weighted by molar-refractivity contribution is -0.386. The first-order chi connectivity index (χ1) is 7.49. The van der Waals surface area contributed by atoms with Crippen LogP contribution in [0.2, 0.25) is 0 Å². The highest BCUT2D eigenvalue weighted by Gasteiger charge is 2.17. The quantitative estimate of drug-likeness (QED) is 0.665. The van der Waals surface area contributed by atoms with E-state index in [1.54, 1.807) is 0 Å². The van der Waals surface area contributed by atoms with Crippen LogP contribution in [0.3, 0.4) is 0 Å². The number of halogens is 1. The molecule has 7 heteroatoms. The van der Waals surface area contributed by atoms with Crippen molar-refractivity contribution in [2.45, 2.75) is 19.9 Å². The average Bonchev–Trinajstić information content (AvgIpc) is 2.24. The topological polar surface area (TPSA) is 91.2 Å². The Morgan fingerprint density at radius 3 is 2.75 bits per heavy atom. The van der Waals surface area contributed by atoms with Crippen LogP contribution >= 0.6 is 15.9 Å². The highest BCUT2D eigenvalue weighted by Crippen LogP contribution is 2.22. The third-order valence-corrected chi connectivity index (χ3v) is 3.17. The number of rotatable bonds is 4. The van der Waals surface area contributed by atoms with Gasteiger partial charge in [0.05, 0.1) is 15.6 Å². The fourth-order valence-corrected chi connectivity index (χ4v) is 1.74. The van der Waals surface area contributed by atoms with E-state index >= 15 is 0 Å². The largest absolute Gasteiger partial charge is 0.330 e. The summed E-state index contributed by atoms with van der Waals surface area (Å²) in [6, 6.07) is 0. The van der Waals surface area contributed by atoms with E-state index in [9.17, 15) is 14.9 Å². The van der Waals surface area contributed by atoms with Gasteiger partial charge >= 0.3 is 0 Å². The fraction of sp³-hybridized carbons (Fsp3) is 0.444. The second-order valence-corrected chi connectivity index (χ2v) is 4.14. The van der Waals surface area contributed by atoms with Crippen molar-refractivity contribution in [2.75, 3.05) is 6.54 Å². The van der Waals surface area contributed by atoms with E-state index in [-0.39, 0.29) is 15.7 Å². The predicted octanol–water partition coefficient (Wildman–Crippen LogP) is 1.18. The van der Waals surface area contributed by atoms with Gasteiger partial charge in [-0.2, -0.15) is 0 Å². The third kappa shape index (κ3) is 2.48. The van der Waals surface area contributed by atoms with E-state index in [4.69, 9.17) is 5.73 Å². The molecule has 1 aromatic heterocycles. The van der Waals surface area contributed by atoms with Crippen molar-refractivity contribution in [1.82, 2.24) is 4.57 Å². The minimum absolute atomic E-state index is 0.0662. The van der Waals surface area contributed by atoms with Crippen molar-refractivity contribution in [3.05, 3.63) is 36.7 Å². The molecule has 0 aromatic carbocycles. The van der Waals surface area contributed by atoms with Gasteiger partial charge < -0.3 is 10.3 Å². The number of hydrogen-bond acceptors (Lipinski definition) is 4. The maximum Gasteiger partial charge on any atom is 0.289 e. The molecule has 0 atom stereocenters. The molecule has 0 radical (unpaired) electrons. The Hall–Kier alpha value is -1.21. The van der Waals surface area contributed by atoms with E-state index in [1.807, 2.05) is 0 Å². The van der Waals surface area contributed by atoms with Crippen molar-refractivity contribution in [3.8, 4) is 0 Å². The highest BCUT2D eigenvalue weighted by molar-refractivity contribution is 9.10. The van der Waals surface area contributed by atoms with Gasteiger partial charge in [-0.25, -0.2) is 0 Å². The molecule has 0 amide bonds. The fourth-order valence-electron chi connectivity index (χ4n) is 1.31. The van der Waals surface area contributed by atoms with Gasteiger partial charge in [0.2, 0.25) is 0 Å². The van der Waals surface area contributed by atoms with Crippen molar-refractivity contribution >= 4 is 21.6 Å². The summed E-state index contributed by atoms with van der Waals surface area (Å²) in [6.45, 7) is 2.36. The van der Waals surface area contributed by atoms with Crippen LogP contribution in [0.25, 0.3) is 0 Å². The average molecular weight is 290 g/mol. The summed E-state index contributed by atoms with van der Waals surface area (Å²) in [4.78, 5) is 22.0. The van der Waals surface area contributed by atoms with E-state index in [0.717, 1.165) is 0 Å².